The van der Waals surface area contributed by atoms with Crippen LogP contribution in [0.1, 0.15) is 44.1 Å². The Morgan fingerprint density at radius 3 is 2.74 bits per heavy atom. The van der Waals surface area contributed by atoms with Gasteiger partial charge in [0.05, 0.1) is 10.6 Å². The summed E-state index contributed by atoms with van der Waals surface area (Å²) in [6, 6.07) is -0.517. The maximum absolute atomic E-state index is 13.1. The zero-order chi connectivity index (χ0) is 19.6. The van der Waals surface area contributed by atoms with Crippen LogP contribution in [0.2, 0.25) is 0 Å². The number of hydrogen-bond acceptors (Lipinski definition) is 6. The molecule has 0 radical (unpaired) electrons. The molecule has 3 rings (SSSR count). The van der Waals surface area contributed by atoms with Crippen LogP contribution in [0.25, 0.3) is 10.2 Å². The minimum absolute atomic E-state index is 0.0271. The number of aromatic nitrogens is 2. The van der Waals surface area contributed by atoms with Crippen LogP contribution in [0.4, 0.5) is 4.79 Å². The van der Waals surface area contributed by atoms with E-state index >= 15 is 0 Å². The molecule has 3 amide bonds. The maximum Gasteiger partial charge on any atom is 0.321 e. The van der Waals surface area contributed by atoms with Gasteiger partial charge in [-0.15, -0.1) is 11.3 Å². The molecule has 0 aliphatic heterocycles. The number of rotatable bonds is 5. The van der Waals surface area contributed by atoms with E-state index in [0.717, 1.165) is 35.9 Å². The molecule has 1 aliphatic rings. The monoisotopic (exact) mass is 408 g/mol. The molecule has 0 spiro atoms. The van der Waals surface area contributed by atoms with Crippen molar-refractivity contribution in [2.45, 2.75) is 63.4 Å². The summed E-state index contributed by atoms with van der Waals surface area (Å²) in [5, 5.41) is 5.56. The summed E-state index contributed by atoms with van der Waals surface area (Å²) in [4.78, 5) is 43.6. The minimum atomic E-state index is -0.552. The first-order valence-corrected chi connectivity index (χ1v) is 11.0. The molecule has 27 heavy (non-hydrogen) atoms. The van der Waals surface area contributed by atoms with Crippen molar-refractivity contribution >= 4 is 45.3 Å². The highest BCUT2D eigenvalue weighted by Gasteiger charge is 2.24. The molecule has 9 heteroatoms. The number of thiophene rings is 1. The van der Waals surface area contributed by atoms with Crippen LogP contribution in [-0.4, -0.2) is 33.3 Å². The lowest BCUT2D eigenvalue weighted by Crippen LogP contribution is -2.42. The topological polar surface area (TPSA) is 93.1 Å². The smallest absolute Gasteiger partial charge is 0.321 e. The lowest BCUT2D eigenvalue weighted by atomic mass is 9.97. The number of urea groups is 1. The van der Waals surface area contributed by atoms with Crippen molar-refractivity contribution in [3.63, 3.8) is 0 Å². The largest absolute Gasteiger partial charge is 0.338 e. The average Bonchev–Trinajstić information content (AvgIpc) is 3.00. The Hall–Kier alpha value is -1.87. The molecule has 0 fully saturated rings. The lowest BCUT2D eigenvalue weighted by Gasteiger charge is -2.15. The van der Waals surface area contributed by atoms with Gasteiger partial charge in [0, 0.05) is 18.0 Å². The number of hydrogen-bond donors (Lipinski definition) is 2. The van der Waals surface area contributed by atoms with E-state index < -0.39 is 17.2 Å². The Labute approximate surface area is 165 Å². The molecule has 2 N–H and O–H groups in total. The summed E-state index contributed by atoms with van der Waals surface area (Å²) in [6.07, 6.45) is 4.21. The molecular weight excluding hydrogens is 384 g/mol. The van der Waals surface area contributed by atoms with Gasteiger partial charge in [-0.2, -0.15) is 0 Å². The van der Waals surface area contributed by atoms with Crippen LogP contribution in [-0.2, 0) is 24.2 Å². The molecule has 1 unspecified atom stereocenters. The van der Waals surface area contributed by atoms with Crippen LogP contribution in [0.5, 0.6) is 0 Å². The third-order valence-electron chi connectivity index (χ3n) is 4.58. The Bertz CT molecular complexity index is 935. The fraction of sp³-hybridized carbons (Fsp3) is 0.556. The summed E-state index contributed by atoms with van der Waals surface area (Å²) in [7, 11) is 0. The first-order valence-electron chi connectivity index (χ1n) is 9.26. The first kappa shape index (κ1) is 19.9. The number of imide groups is 1. The van der Waals surface area contributed by atoms with Gasteiger partial charge >= 0.3 is 6.03 Å². The van der Waals surface area contributed by atoms with Crippen LogP contribution in [0, 0.1) is 0 Å². The van der Waals surface area contributed by atoms with E-state index in [4.69, 9.17) is 4.98 Å². The number of amides is 3. The fourth-order valence-corrected chi connectivity index (χ4v) is 5.49. The summed E-state index contributed by atoms with van der Waals surface area (Å²) in [5.41, 5.74) is 1.14. The highest BCUT2D eigenvalue weighted by molar-refractivity contribution is 8.00. The van der Waals surface area contributed by atoms with Crippen LogP contribution in [0.15, 0.2) is 9.95 Å². The molecule has 2 heterocycles. The standard InChI is InChI=1S/C18H24N4O3S2/c1-4-19-17(25)20-14(23)10(3)26-18-21-15-13(16(24)22(18)5-2)11-8-6-7-9-12(11)27-15/h10H,4-9H2,1-3H3,(H2,19,20,23,25). The summed E-state index contributed by atoms with van der Waals surface area (Å²) >= 11 is 2.80. The van der Waals surface area contributed by atoms with E-state index in [1.165, 1.54) is 22.2 Å². The first-order chi connectivity index (χ1) is 13.0. The van der Waals surface area contributed by atoms with Crippen molar-refractivity contribution < 1.29 is 9.59 Å². The molecule has 7 nitrogen and oxygen atoms in total. The molecule has 2 aromatic heterocycles. The van der Waals surface area contributed by atoms with Crippen LogP contribution in [0.3, 0.4) is 0 Å². The number of nitrogens with one attached hydrogen (secondary N) is 2. The van der Waals surface area contributed by atoms with Gasteiger partial charge in [0.2, 0.25) is 5.91 Å². The number of fused-ring (bicyclic) bond motifs is 3. The van der Waals surface area contributed by atoms with Crippen LogP contribution < -0.4 is 16.2 Å². The van der Waals surface area contributed by atoms with Gasteiger partial charge in [-0.25, -0.2) is 9.78 Å². The Morgan fingerprint density at radius 2 is 2.04 bits per heavy atom. The average molecular weight is 409 g/mol. The summed E-state index contributed by atoms with van der Waals surface area (Å²) in [6.45, 7) is 6.31. The number of thioether (sulfide) groups is 1. The molecule has 0 saturated carbocycles. The second kappa shape index (κ2) is 8.43. The number of aryl methyl sites for hydroxylation is 2. The van der Waals surface area contributed by atoms with Crippen molar-refractivity contribution in [1.82, 2.24) is 20.2 Å². The molecule has 0 bridgehead atoms. The van der Waals surface area contributed by atoms with Crippen molar-refractivity contribution in [2.75, 3.05) is 6.54 Å². The third kappa shape index (κ3) is 4.03. The molecule has 0 aromatic carbocycles. The van der Waals surface area contributed by atoms with Gasteiger partial charge in [-0.1, -0.05) is 11.8 Å². The SMILES string of the molecule is CCNC(=O)NC(=O)C(C)Sc1nc2sc3c(c2c(=O)n1CC)CCCC3. The van der Waals surface area contributed by atoms with E-state index in [-0.39, 0.29) is 5.56 Å². The van der Waals surface area contributed by atoms with Crippen molar-refractivity contribution in [3.05, 3.63) is 20.8 Å². The predicted octanol–water partition coefficient (Wildman–Crippen LogP) is 2.68. The molecule has 2 aromatic rings. The second-order valence-electron chi connectivity index (χ2n) is 6.44. The molecular formula is C18H24N4O3S2. The van der Waals surface area contributed by atoms with E-state index in [0.29, 0.717) is 18.2 Å². The zero-order valence-electron chi connectivity index (χ0n) is 15.8. The fourth-order valence-electron chi connectivity index (χ4n) is 3.22. The van der Waals surface area contributed by atoms with Gasteiger partial charge in [-0.05, 0) is 52.0 Å². The van der Waals surface area contributed by atoms with Crippen molar-refractivity contribution in [2.24, 2.45) is 0 Å². The molecule has 0 saturated heterocycles. The third-order valence-corrected chi connectivity index (χ3v) is 6.86. The number of nitrogens with zero attached hydrogens (tertiary/aromatic N) is 2. The summed E-state index contributed by atoms with van der Waals surface area (Å²) < 4.78 is 1.63. The van der Waals surface area contributed by atoms with Gasteiger partial charge in [-0.3, -0.25) is 19.5 Å². The summed E-state index contributed by atoms with van der Waals surface area (Å²) in [5.74, 6) is -0.409. The maximum atomic E-state index is 13.1. The highest BCUT2D eigenvalue weighted by Crippen LogP contribution is 2.35. The second-order valence-corrected chi connectivity index (χ2v) is 8.84. The van der Waals surface area contributed by atoms with E-state index in [2.05, 4.69) is 10.6 Å². The predicted molar refractivity (Wildman–Crippen MR) is 109 cm³/mol. The van der Waals surface area contributed by atoms with Crippen LogP contribution >= 0.6 is 23.1 Å². The van der Waals surface area contributed by atoms with Gasteiger partial charge in [0.25, 0.3) is 5.56 Å². The van der Waals surface area contributed by atoms with E-state index in [1.54, 1.807) is 29.8 Å². The lowest BCUT2D eigenvalue weighted by molar-refractivity contribution is -0.119. The quantitative estimate of drug-likeness (QED) is 0.586. The van der Waals surface area contributed by atoms with E-state index in [9.17, 15) is 14.4 Å². The number of carbonyl (C=O) groups excluding carboxylic acids is 2. The molecule has 1 aliphatic carbocycles. The Morgan fingerprint density at radius 1 is 1.30 bits per heavy atom. The van der Waals surface area contributed by atoms with Crippen molar-refractivity contribution in [3.8, 4) is 0 Å². The van der Waals surface area contributed by atoms with E-state index in [1.807, 2.05) is 6.92 Å². The highest BCUT2D eigenvalue weighted by atomic mass is 32.2. The van der Waals surface area contributed by atoms with Gasteiger partial charge < -0.3 is 5.32 Å². The molecule has 1 atom stereocenters. The normalized spacial score (nSPS) is 14.6. The van der Waals surface area contributed by atoms with Crippen molar-refractivity contribution in [1.29, 1.82) is 0 Å². The van der Waals surface area contributed by atoms with Gasteiger partial charge in [0.1, 0.15) is 4.83 Å². The zero-order valence-corrected chi connectivity index (χ0v) is 17.4. The minimum Gasteiger partial charge on any atom is -0.338 e. The van der Waals surface area contributed by atoms with Gasteiger partial charge in [0.15, 0.2) is 5.16 Å². The molecule has 146 valence electrons. The Balaban J connectivity index is 1.91. The Kier molecular flexibility index (Phi) is 6.21. The number of carbonyl (C=O) groups is 2.